The molecular weight excluding hydrogens is 136 g/mol. The molecule has 0 aromatic carbocycles. The van der Waals surface area contributed by atoms with E-state index in [0.717, 1.165) is 18.6 Å². The highest BCUT2D eigenvalue weighted by molar-refractivity contribution is 5.71. The first kappa shape index (κ1) is 6.47. The molecule has 0 saturated carbocycles. The van der Waals surface area contributed by atoms with Gasteiger partial charge in [-0.15, -0.1) is 0 Å². The Morgan fingerprint density at radius 3 is 2.90 bits per heavy atom. The van der Waals surface area contributed by atoms with Crippen molar-refractivity contribution >= 4 is 6.29 Å². The van der Waals surface area contributed by atoms with E-state index in [1.54, 1.807) is 0 Å². The van der Waals surface area contributed by atoms with Crippen molar-refractivity contribution in [2.45, 2.75) is 0 Å². The Labute approximate surface area is 55.7 Å². The van der Waals surface area contributed by atoms with Crippen molar-refractivity contribution in [1.29, 1.82) is 0 Å². The Hall–Kier alpha value is -1.65. The topological polar surface area (TPSA) is 68.0 Å². The molecule has 10 heavy (non-hydrogen) atoms. The summed E-state index contributed by atoms with van der Waals surface area (Å²) in [5.74, 6) is 0. The predicted molar refractivity (Wildman–Crippen MR) is 32.0 cm³/mol. The zero-order chi connectivity index (χ0) is 7.56. The van der Waals surface area contributed by atoms with Gasteiger partial charge in [-0.25, -0.2) is 0 Å². The highest BCUT2D eigenvalue weighted by Crippen LogP contribution is 1.86. The molecule has 0 spiro atoms. The third-order valence-electron chi connectivity index (χ3n) is 0.984. The lowest BCUT2D eigenvalue weighted by Crippen LogP contribution is -2.16. The van der Waals surface area contributed by atoms with E-state index in [0.29, 0.717) is 15.4 Å². The normalized spacial score (nSPS) is 9.20. The van der Waals surface area contributed by atoms with Crippen LogP contribution < -0.4 is 4.43 Å². The van der Waals surface area contributed by atoms with Crippen molar-refractivity contribution in [3.8, 4) is 0 Å². The molecule has 0 radical (unpaired) electrons. The zero-order valence-corrected chi connectivity index (χ0v) is 4.93. The molecule has 1 rings (SSSR count). The SMILES string of the molecule is O=Cc1c[n+](=O)ccn1[O-]. The Morgan fingerprint density at radius 2 is 2.40 bits per heavy atom. The van der Waals surface area contributed by atoms with Gasteiger partial charge in [0.25, 0.3) is 6.20 Å². The van der Waals surface area contributed by atoms with E-state index >= 15 is 0 Å². The quantitative estimate of drug-likeness (QED) is 0.392. The molecule has 0 bridgehead atoms. The number of carbonyl (C=O) groups is 1. The Kier molecular flexibility index (Phi) is 1.49. The van der Waals surface area contributed by atoms with Gasteiger partial charge in [-0.3, -0.25) is 4.79 Å². The van der Waals surface area contributed by atoms with E-state index in [1.807, 2.05) is 0 Å². The summed E-state index contributed by atoms with van der Waals surface area (Å²) in [5.41, 5.74) is -0.197. The summed E-state index contributed by atoms with van der Waals surface area (Å²) < 4.78 is 0.708. The van der Waals surface area contributed by atoms with Crippen molar-refractivity contribution in [1.82, 2.24) is 4.73 Å². The van der Waals surface area contributed by atoms with Crippen LogP contribution in [0.5, 0.6) is 0 Å². The number of rotatable bonds is 1. The van der Waals surface area contributed by atoms with Gasteiger partial charge in [0.05, 0.1) is 10.6 Å². The summed E-state index contributed by atoms with van der Waals surface area (Å²) in [6.07, 6.45) is 3.21. The van der Waals surface area contributed by atoms with E-state index in [9.17, 15) is 14.9 Å². The van der Waals surface area contributed by atoms with Gasteiger partial charge in [0.2, 0.25) is 6.20 Å². The molecule has 0 atom stereocenters. The Morgan fingerprint density at radius 1 is 1.70 bits per heavy atom. The first-order valence-corrected chi connectivity index (χ1v) is 2.51. The molecule has 1 aromatic rings. The van der Waals surface area contributed by atoms with Gasteiger partial charge < -0.3 is 9.94 Å². The molecule has 5 heteroatoms. The van der Waals surface area contributed by atoms with Crippen LogP contribution in [0.15, 0.2) is 18.6 Å². The molecule has 0 unspecified atom stereocenters. The zero-order valence-electron chi connectivity index (χ0n) is 4.93. The molecule has 0 fully saturated rings. The third-order valence-corrected chi connectivity index (χ3v) is 0.984. The average Bonchev–Trinajstić information content (AvgIpc) is 1.94. The van der Waals surface area contributed by atoms with Crippen molar-refractivity contribution < 1.29 is 9.22 Å². The Bertz CT molecular complexity index is 304. The first-order valence-electron chi connectivity index (χ1n) is 2.51. The molecule has 0 amide bonds. The number of nitrogens with zero attached hydrogens (tertiary/aromatic N) is 2. The van der Waals surface area contributed by atoms with Gasteiger partial charge in [-0.1, -0.05) is 0 Å². The van der Waals surface area contributed by atoms with Crippen LogP contribution in [0.2, 0.25) is 0 Å². The molecular formula is C5H4N2O3. The van der Waals surface area contributed by atoms with Crippen LogP contribution in [0.4, 0.5) is 0 Å². The largest absolute Gasteiger partial charge is 0.805 e. The molecule has 0 saturated heterocycles. The van der Waals surface area contributed by atoms with Crippen molar-refractivity contribution in [3.05, 3.63) is 34.4 Å². The molecule has 0 N–H and O–H groups in total. The van der Waals surface area contributed by atoms with E-state index in [4.69, 9.17) is 0 Å². The maximum Gasteiger partial charge on any atom is 0.254 e. The maximum absolute atomic E-state index is 10.5. The van der Waals surface area contributed by atoms with E-state index in [-0.39, 0.29) is 5.69 Å². The van der Waals surface area contributed by atoms with Crippen LogP contribution in [0.1, 0.15) is 10.5 Å². The van der Waals surface area contributed by atoms with Crippen LogP contribution in [-0.4, -0.2) is 11.0 Å². The fraction of sp³-hybridized carbons (Fsp3) is 0. The monoisotopic (exact) mass is 140 g/mol. The van der Waals surface area contributed by atoms with Gasteiger partial charge in [0.15, 0.2) is 6.29 Å². The van der Waals surface area contributed by atoms with Gasteiger partial charge >= 0.3 is 0 Å². The number of hydrogen-bond acceptors (Lipinski definition) is 3. The first-order chi connectivity index (χ1) is 4.74. The lowest BCUT2D eigenvalue weighted by molar-refractivity contribution is -0.495. The second-order valence-electron chi connectivity index (χ2n) is 1.66. The fourth-order valence-corrected chi connectivity index (χ4v) is 0.525. The summed E-state index contributed by atoms with van der Waals surface area (Å²) in [4.78, 5) is 20.4. The summed E-state index contributed by atoms with van der Waals surface area (Å²) in [6.45, 7) is 0. The van der Waals surface area contributed by atoms with E-state index < -0.39 is 0 Å². The molecule has 1 aromatic heterocycles. The summed E-state index contributed by atoms with van der Waals surface area (Å²) in [7, 11) is 0. The van der Waals surface area contributed by atoms with Crippen LogP contribution in [0.3, 0.4) is 0 Å². The minimum Gasteiger partial charge on any atom is -0.805 e. The minimum atomic E-state index is -0.197. The smallest absolute Gasteiger partial charge is 0.254 e. The molecule has 0 aliphatic heterocycles. The molecule has 52 valence electrons. The maximum atomic E-state index is 10.5. The number of hydrogen-bond donors (Lipinski definition) is 0. The van der Waals surface area contributed by atoms with Gasteiger partial charge in [-0.2, -0.15) is 0 Å². The van der Waals surface area contributed by atoms with Crippen LogP contribution in [-0.2, 0) is 0 Å². The standard InChI is InChI=1S/C5H4N2O3/c8-4-5-3-6(9)1-2-7(5)10/h1-4H. The summed E-state index contributed by atoms with van der Waals surface area (Å²) in [5, 5.41) is 10.5. The van der Waals surface area contributed by atoms with E-state index in [2.05, 4.69) is 0 Å². The minimum absolute atomic E-state index is 0.197. The summed E-state index contributed by atoms with van der Waals surface area (Å²) >= 11 is 0. The molecule has 1 heterocycles. The van der Waals surface area contributed by atoms with E-state index in [1.165, 1.54) is 0 Å². The second kappa shape index (κ2) is 2.30. The van der Waals surface area contributed by atoms with Crippen molar-refractivity contribution in [3.63, 3.8) is 0 Å². The number of carbonyl (C=O) groups excluding carboxylic acids is 1. The average molecular weight is 140 g/mol. The predicted octanol–water partition coefficient (Wildman–Crippen LogP) is -0.439. The number of aromatic nitrogens is 2. The molecule has 0 aliphatic rings. The Balaban J connectivity index is 3.35. The van der Waals surface area contributed by atoms with Crippen LogP contribution in [0, 0.1) is 10.1 Å². The second-order valence-corrected chi connectivity index (χ2v) is 1.66. The van der Waals surface area contributed by atoms with Crippen LogP contribution >= 0.6 is 0 Å². The lowest BCUT2D eigenvalue weighted by atomic mass is 10.5. The lowest BCUT2D eigenvalue weighted by Gasteiger charge is -2.07. The van der Waals surface area contributed by atoms with Gasteiger partial charge in [0.1, 0.15) is 5.69 Å². The van der Waals surface area contributed by atoms with Gasteiger partial charge in [0, 0.05) is 4.91 Å². The highest BCUT2D eigenvalue weighted by atomic mass is 16.5. The molecule has 5 nitrogen and oxygen atoms in total. The number of aldehydes is 1. The highest BCUT2D eigenvalue weighted by Gasteiger charge is 1.97. The van der Waals surface area contributed by atoms with Crippen molar-refractivity contribution in [2.24, 2.45) is 0 Å². The fourth-order valence-electron chi connectivity index (χ4n) is 0.525. The summed E-state index contributed by atoms with van der Waals surface area (Å²) in [6, 6.07) is 0. The van der Waals surface area contributed by atoms with Crippen molar-refractivity contribution in [2.75, 3.05) is 0 Å². The van der Waals surface area contributed by atoms with Gasteiger partial charge in [-0.05, 0) is 0 Å². The van der Waals surface area contributed by atoms with Crippen LogP contribution in [0.25, 0.3) is 0 Å². The third kappa shape index (κ3) is 1.02. The molecule has 0 aliphatic carbocycles.